The molecule has 0 amide bonds. The zero-order valence-corrected chi connectivity index (χ0v) is 9.93. The van der Waals surface area contributed by atoms with E-state index < -0.39 is 16.1 Å². The van der Waals surface area contributed by atoms with E-state index in [-0.39, 0.29) is 5.75 Å². The Morgan fingerprint density at radius 1 is 1.50 bits per heavy atom. The molecular weight excluding hydrogens is 295 g/mol. The van der Waals surface area contributed by atoms with Crippen LogP contribution in [0.15, 0.2) is 22.7 Å². The van der Waals surface area contributed by atoms with Gasteiger partial charge in [0.1, 0.15) is 5.75 Å². The number of rotatable bonds is 3. The van der Waals surface area contributed by atoms with Gasteiger partial charge in [-0.15, -0.1) is 0 Å². The Bertz CT molecular complexity index is 431. The average Bonchev–Trinajstić information content (AvgIpc) is 2.05. The molecule has 0 fully saturated rings. The summed E-state index contributed by atoms with van der Waals surface area (Å²) in [5, 5.41) is 0.415. The van der Waals surface area contributed by atoms with Crippen molar-refractivity contribution in [2.45, 2.75) is 0 Å². The lowest BCUT2D eigenvalue weighted by atomic mass is 10.3. The van der Waals surface area contributed by atoms with Gasteiger partial charge in [0, 0.05) is 5.02 Å². The Hall–Kier alpha value is -0.300. The standard InChI is InChI=1S/C7H6BrClO4S/c8-6-2-1-5(9)3-7(6)13-4-14(10,11)12/h1-3H,4H2,(H,10,11,12). The molecule has 1 aromatic carbocycles. The Morgan fingerprint density at radius 2 is 2.14 bits per heavy atom. The molecule has 1 N–H and O–H groups in total. The molecule has 0 aliphatic heterocycles. The van der Waals surface area contributed by atoms with E-state index in [2.05, 4.69) is 15.9 Å². The lowest BCUT2D eigenvalue weighted by molar-refractivity contribution is 0.351. The molecular formula is C7H6BrClO4S. The normalized spacial score (nSPS) is 11.4. The third-order valence-electron chi connectivity index (χ3n) is 1.26. The Kier molecular flexibility index (Phi) is 3.77. The van der Waals surface area contributed by atoms with Gasteiger partial charge in [-0.3, -0.25) is 4.55 Å². The minimum atomic E-state index is -4.14. The van der Waals surface area contributed by atoms with Crippen LogP contribution in [-0.2, 0) is 10.1 Å². The number of halogens is 2. The zero-order valence-electron chi connectivity index (χ0n) is 6.78. The van der Waals surface area contributed by atoms with E-state index in [1.165, 1.54) is 6.07 Å². The summed E-state index contributed by atoms with van der Waals surface area (Å²) in [6.45, 7) is 0. The number of ether oxygens (including phenoxy) is 1. The third-order valence-corrected chi connectivity index (χ3v) is 2.56. The van der Waals surface area contributed by atoms with Gasteiger partial charge in [-0.1, -0.05) is 11.6 Å². The van der Waals surface area contributed by atoms with Crippen molar-refractivity contribution < 1.29 is 17.7 Å². The summed E-state index contributed by atoms with van der Waals surface area (Å²) >= 11 is 8.79. The van der Waals surface area contributed by atoms with Crippen molar-refractivity contribution >= 4 is 37.6 Å². The van der Waals surface area contributed by atoms with Crippen LogP contribution in [0.5, 0.6) is 5.75 Å². The summed E-state index contributed by atoms with van der Waals surface area (Å²) in [5.74, 6) is -0.540. The van der Waals surface area contributed by atoms with E-state index in [9.17, 15) is 8.42 Å². The van der Waals surface area contributed by atoms with Gasteiger partial charge < -0.3 is 4.74 Å². The molecule has 1 aromatic rings. The molecule has 0 saturated heterocycles. The maximum atomic E-state index is 10.4. The summed E-state index contributed by atoms with van der Waals surface area (Å²) in [5.41, 5.74) is 0. The van der Waals surface area contributed by atoms with Gasteiger partial charge in [-0.2, -0.15) is 8.42 Å². The molecule has 78 valence electrons. The van der Waals surface area contributed by atoms with Crippen LogP contribution in [0.1, 0.15) is 0 Å². The van der Waals surface area contributed by atoms with E-state index in [1.54, 1.807) is 12.1 Å². The van der Waals surface area contributed by atoms with Gasteiger partial charge in [0.05, 0.1) is 4.47 Å². The second kappa shape index (κ2) is 4.48. The highest BCUT2D eigenvalue weighted by Gasteiger charge is 2.08. The van der Waals surface area contributed by atoms with Crippen LogP contribution in [0.25, 0.3) is 0 Å². The molecule has 1 rings (SSSR count). The molecule has 0 unspecified atom stereocenters. The fourth-order valence-electron chi connectivity index (χ4n) is 0.726. The molecule has 0 spiro atoms. The van der Waals surface area contributed by atoms with Crippen molar-refractivity contribution in [2.24, 2.45) is 0 Å². The summed E-state index contributed by atoms with van der Waals surface area (Å²) in [4.78, 5) is 0. The Labute approximate surface area is 94.7 Å². The van der Waals surface area contributed by atoms with Gasteiger partial charge in [0.15, 0.2) is 0 Å². The first-order chi connectivity index (χ1) is 6.38. The first kappa shape index (κ1) is 11.8. The summed E-state index contributed by atoms with van der Waals surface area (Å²) in [6.07, 6.45) is 0. The van der Waals surface area contributed by atoms with E-state index in [1.807, 2.05) is 0 Å². The predicted octanol–water partition coefficient (Wildman–Crippen LogP) is 2.33. The summed E-state index contributed by atoms with van der Waals surface area (Å²) < 4.78 is 34.6. The van der Waals surface area contributed by atoms with Crippen LogP contribution >= 0.6 is 27.5 Å². The summed E-state index contributed by atoms with van der Waals surface area (Å²) in [6, 6.07) is 4.67. The largest absolute Gasteiger partial charge is 0.474 e. The monoisotopic (exact) mass is 300 g/mol. The van der Waals surface area contributed by atoms with Gasteiger partial charge in [-0.25, -0.2) is 0 Å². The van der Waals surface area contributed by atoms with Crippen LogP contribution < -0.4 is 4.74 Å². The molecule has 0 heterocycles. The highest BCUT2D eigenvalue weighted by molar-refractivity contribution is 9.10. The van der Waals surface area contributed by atoms with E-state index >= 15 is 0 Å². The highest BCUT2D eigenvalue weighted by Crippen LogP contribution is 2.28. The van der Waals surface area contributed by atoms with Crippen molar-refractivity contribution in [2.75, 3.05) is 5.94 Å². The van der Waals surface area contributed by atoms with Gasteiger partial charge in [0.25, 0.3) is 0 Å². The second-order valence-corrected chi connectivity index (χ2v) is 5.11. The van der Waals surface area contributed by atoms with Crippen molar-refractivity contribution in [3.63, 3.8) is 0 Å². The molecule has 14 heavy (non-hydrogen) atoms. The zero-order chi connectivity index (χ0) is 10.8. The smallest absolute Gasteiger partial charge is 0.300 e. The van der Waals surface area contributed by atoms with Crippen LogP contribution in [0.2, 0.25) is 5.02 Å². The van der Waals surface area contributed by atoms with Crippen molar-refractivity contribution in [1.82, 2.24) is 0 Å². The Morgan fingerprint density at radius 3 is 2.71 bits per heavy atom. The second-order valence-electron chi connectivity index (χ2n) is 2.42. The van der Waals surface area contributed by atoms with Gasteiger partial charge in [-0.05, 0) is 34.1 Å². The predicted molar refractivity (Wildman–Crippen MR) is 56.2 cm³/mol. The molecule has 7 heteroatoms. The number of hydrogen-bond acceptors (Lipinski definition) is 3. The van der Waals surface area contributed by atoms with Gasteiger partial charge >= 0.3 is 10.1 Å². The number of hydrogen-bond donors (Lipinski definition) is 1. The maximum Gasteiger partial charge on any atom is 0.300 e. The maximum absolute atomic E-state index is 10.4. The molecule has 4 nitrogen and oxygen atoms in total. The molecule has 0 aliphatic carbocycles. The SMILES string of the molecule is O=S(=O)(O)COc1cc(Cl)ccc1Br. The van der Waals surface area contributed by atoms with E-state index in [0.717, 1.165) is 0 Å². The molecule has 0 aromatic heterocycles. The minimum absolute atomic E-state index is 0.259. The lowest BCUT2D eigenvalue weighted by Crippen LogP contribution is -2.10. The first-order valence-corrected chi connectivity index (χ1v) is 6.19. The quantitative estimate of drug-likeness (QED) is 0.870. The molecule has 0 aliphatic rings. The molecule has 0 radical (unpaired) electrons. The molecule has 0 bridgehead atoms. The van der Waals surface area contributed by atoms with Crippen LogP contribution in [-0.4, -0.2) is 18.9 Å². The van der Waals surface area contributed by atoms with Crippen molar-refractivity contribution in [3.8, 4) is 5.75 Å². The van der Waals surface area contributed by atoms with Gasteiger partial charge in [0.2, 0.25) is 5.94 Å². The molecule has 0 atom stereocenters. The van der Waals surface area contributed by atoms with Crippen molar-refractivity contribution in [1.29, 1.82) is 0 Å². The lowest BCUT2D eigenvalue weighted by Gasteiger charge is -2.06. The fraction of sp³-hybridized carbons (Fsp3) is 0.143. The third kappa shape index (κ3) is 3.83. The van der Waals surface area contributed by atoms with Crippen LogP contribution in [0.4, 0.5) is 0 Å². The topological polar surface area (TPSA) is 63.6 Å². The van der Waals surface area contributed by atoms with Crippen LogP contribution in [0.3, 0.4) is 0 Å². The van der Waals surface area contributed by atoms with Crippen LogP contribution in [0, 0.1) is 0 Å². The van der Waals surface area contributed by atoms with E-state index in [0.29, 0.717) is 9.50 Å². The minimum Gasteiger partial charge on any atom is -0.474 e. The molecule has 0 saturated carbocycles. The summed E-state index contributed by atoms with van der Waals surface area (Å²) in [7, 11) is -4.14. The average molecular weight is 302 g/mol. The highest BCUT2D eigenvalue weighted by atomic mass is 79.9. The number of benzene rings is 1. The van der Waals surface area contributed by atoms with Crippen molar-refractivity contribution in [3.05, 3.63) is 27.7 Å². The van der Waals surface area contributed by atoms with E-state index in [4.69, 9.17) is 20.9 Å². The Balaban J connectivity index is 2.81. The fourth-order valence-corrected chi connectivity index (χ4v) is 1.52. The first-order valence-electron chi connectivity index (χ1n) is 3.41.